The molecule has 0 saturated heterocycles. The molecule has 0 saturated carbocycles. The number of nitrogens with zero attached hydrogens (tertiary/aromatic N) is 2. The quantitative estimate of drug-likeness (QED) is 0.657. The van der Waals surface area contributed by atoms with Gasteiger partial charge in [-0.25, -0.2) is 4.98 Å². The Hall–Kier alpha value is -2.21. The predicted molar refractivity (Wildman–Crippen MR) is 67.5 cm³/mol. The van der Waals surface area contributed by atoms with Gasteiger partial charge >= 0.3 is 0 Å². The van der Waals surface area contributed by atoms with Crippen LogP contribution in [0.2, 0.25) is 0 Å². The second-order valence-electron chi connectivity index (χ2n) is 4.07. The average Bonchev–Trinajstić information content (AvgIpc) is 2.35. The van der Waals surface area contributed by atoms with Crippen LogP contribution in [-0.4, -0.2) is 22.6 Å². The van der Waals surface area contributed by atoms with Crippen LogP contribution >= 0.6 is 0 Å². The van der Waals surface area contributed by atoms with Gasteiger partial charge in [0.1, 0.15) is 6.61 Å². The maximum absolute atomic E-state index is 10.7. The van der Waals surface area contributed by atoms with E-state index >= 15 is 0 Å². The number of nitrogens with two attached hydrogens (primary N) is 1. The first kappa shape index (κ1) is 12.3. The Kier molecular flexibility index (Phi) is 3.38. The van der Waals surface area contributed by atoms with Crippen LogP contribution in [0.1, 0.15) is 6.92 Å². The third kappa shape index (κ3) is 2.54. The third-order valence-corrected chi connectivity index (χ3v) is 2.41. The molecule has 0 aliphatic heterocycles. The Morgan fingerprint density at radius 1 is 1.50 bits per heavy atom. The van der Waals surface area contributed by atoms with E-state index in [0.717, 1.165) is 5.39 Å². The minimum Gasteiger partial charge on any atom is -0.476 e. The molecule has 1 aromatic heterocycles. The summed E-state index contributed by atoms with van der Waals surface area (Å²) in [4.78, 5) is 14.4. The molecule has 1 heterocycles. The number of nitro groups is 1. The lowest BCUT2D eigenvalue weighted by Crippen LogP contribution is -2.23. The topological polar surface area (TPSA) is 91.3 Å². The summed E-state index contributed by atoms with van der Waals surface area (Å²) in [5.41, 5.74) is 5.62. The molecule has 0 fully saturated rings. The summed E-state index contributed by atoms with van der Waals surface area (Å²) in [6.07, 6.45) is 1.60. The predicted octanol–water partition coefficient (Wildman–Crippen LogP) is 1.87. The van der Waals surface area contributed by atoms with Crippen LogP contribution in [0.15, 0.2) is 30.5 Å². The fourth-order valence-corrected chi connectivity index (χ4v) is 1.57. The zero-order valence-electron chi connectivity index (χ0n) is 9.87. The maximum Gasteiger partial charge on any atom is 0.270 e. The molecule has 1 atom stereocenters. The molecule has 0 radical (unpaired) electrons. The summed E-state index contributed by atoms with van der Waals surface area (Å²) >= 11 is 0. The number of fused-ring (bicyclic) bond motifs is 1. The average molecular weight is 247 g/mol. The van der Waals surface area contributed by atoms with Gasteiger partial charge in [-0.3, -0.25) is 10.1 Å². The molecule has 1 aromatic carbocycles. The number of pyridine rings is 1. The van der Waals surface area contributed by atoms with Crippen molar-refractivity contribution >= 4 is 16.5 Å². The standard InChI is InChI=1S/C12H13N3O3/c1-8(13)7-18-12-11-6-10(15(16)17)3-2-9(11)4-5-14-12/h2-6,8H,7,13H2,1H3. The lowest BCUT2D eigenvalue weighted by molar-refractivity contribution is -0.384. The molecule has 0 bridgehead atoms. The second-order valence-corrected chi connectivity index (χ2v) is 4.07. The van der Waals surface area contributed by atoms with E-state index in [1.807, 2.05) is 6.92 Å². The first-order valence-electron chi connectivity index (χ1n) is 5.49. The van der Waals surface area contributed by atoms with Gasteiger partial charge in [-0.1, -0.05) is 0 Å². The van der Waals surface area contributed by atoms with E-state index < -0.39 is 4.92 Å². The van der Waals surface area contributed by atoms with E-state index in [1.54, 1.807) is 18.3 Å². The van der Waals surface area contributed by atoms with Crippen LogP contribution in [0, 0.1) is 10.1 Å². The van der Waals surface area contributed by atoms with E-state index in [0.29, 0.717) is 17.9 Å². The van der Waals surface area contributed by atoms with Crippen molar-refractivity contribution in [1.82, 2.24) is 4.98 Å². The minimum absolute atomic E-state index is 0.0150. The molecule has 2 N–H and O–H groups in total. The summed E-state index contributed by atoms with van der Waals surface area (Å²) in [5, 5.41) is 12.2. The van der Waals surface area contributed by atoms with Gasteiger partial charge in [0.15, 0.2) is 0 Å². The van der Waals surface area contributed by atoms with Crippen molar-refractivity contribution < 1.29 is 9.66 Å². The van der Waals surface area contributed by atoms with E-state index in [-0.39, 0.29) is 11.7 Å². The lowest BCUT2D eigenvalue weighted by atomic mass is 10.1. The van der Waals surface area contributed by atoms with Crippen LogP contribution in [0.25, 0.3) is 10.8 Å². The van der Waals surface area contributed by atoms with Crippen molar-refractivity contribution in [3.8, 4) is 5.88 Å². The fraction of sp³-hybridized carbons (Fsp3) is 0.250. The minimum atomic E-state index is -0.443. The largest absolute Gasteiger partial charge is 0.476 e. The van der Waals surface area contributed by atoms with Crippen molar-refractivity contribution in [2.45, 2.75) is 13.0 Å². The maximum atomic E-state index is 10.7. The van der Waals surface area contributed by atoms with Crippen LogP contribution in [-0.2, 0) is 0 Å². The number of nitro benzene ring substituents is 1. The number of rotatable bonds is 4. The molecular formula is C12H13N3O3. The molecule has 6 heteroatoms. The van der Waals surface area contributed by atoms with Gasteiger partial charge in [0.2, 0.25) is 5.88 Å². The number of aromatic nitrogens is 1. The van der Waals surface area contributed by atoms with Gasteiger partial charge in [-0.2, -0.15) is 0 Å². The normalized spacial score (nSPS) is 12.3. The SMILES string of the molecule is CC(N)COc1nccc2ccc([N+](=O)[O-])cc12. The summed E-state index contributed by atoms with van der Waals surface area (Å²) in [6.45, 7) is 2.13. The smallest absolute Gasteiger partial charge is 0.270 e. The number of hydrogen-bond acceptors (Lipinski definition) is 5. The fourth-order valence-electron chi connectivity index (χ4n) is 1.57. The van der Waals surface area contributed by atoms with Gasteiger partial charge in [0, 0.05) is 24.4 Å². The van der Waals surface area contributed by atoms with Crippen molar-refractivity contribution in [2.24, 2.45) is 5.73 Å². The molecule has 0 aliphatic carbocycles. The zero-order valence-corrected chi connectivity index (χ0v) is 9.87. The molecule has 2 aromatic rings. The Balaban J connectivity index is 2.45. The lowest BCUT2D eigenvalue weighted by Gasteiger charge is -2.09. The Bertz CT molecular complexity index is 584. The third-order valence-electron chi connectivity index (χ3n) is 2.41. The Morgan fingerprint density at radius 3 is 2.94 bits per heavy atom. The number of non-ortho nitro benzene ring substituents is 1. The molecule has 0 aliphatic rings. The van der Waals surface area contributed by atoms with Crippen LogP contribution in [0.5, 0.6) is 5.88 Å². The zero-order chi connectivity index (χ0) is 13.1. The van der Waals surface area contributed by atoms with E-state index in [2.05, 4.69) is 4.98 Å². The van der Waals surface area contributed by atoms with E-state index in [1.165, 1.54) is 12.1 Å². The van der Waals surface area contributed by atoms with Crippen LogP contribution in [0.4, 0.5) is 5.69 Å². The molecule has 18 heavy (non-hydrogen) atoms. The van der Waals surface area contributed by atoms with Crippen molar-refractivity contribution in [1.29, 1.82) is 0 Å². The summed E-state index contributed by atoms with van der Waals surface area (Å²) in [5.74, 6) is 0.369. The first-order valence-corrected chi connectivity index (χ1v) is 5.49. The molecular weight excluding hydrogens is 234 g/mol. The van der Waals surface area contributed by atoms with Gasteiger partial charge < -0.3 is 10.5 Å². The van der Waals surface area contributed by atoms with Crippen molar-refractivity contribution in [3.05, 3.63) is 40.6 Å². The van der Waals surface area contributed by atoms with Crippen molar-refractivity contribution in [3.63, 3.8) is 0 Å². The summed E-state index contributed by atoms with van der Waals surface area (Å²) in [6, 6.07) is 6.24. The second kappa shape index (κ2) is 4.97. The Morgan fingerprint density at radius 2 is 2.28 bits per heavy atom. The van der Waals surface area contributed by atoms with Crippen molar-refractivity contribution in [2.75, 3.05) is 6.61 Å². The molecule has 0 amide bonds. The van der Waals surface area contributed by atoms with E-state index in [4.69, 9.17) is 10.5 Å². The van der Waals surface area contributed by atoms with Gasteiger partial charge in [0.05, 0.1) is 10.3 Å². The highest BCUT2D eigenvalue weighted by atomic mass is 16.6. The van der Waals surface area contributed by atoms with Gasteiger partial charge in [-0.15, -0.1) is 0 Å². The Labute approximate surface area is 104 Å². The molecule has 94 valence electrons. The van der Waals surface area contributed by atoms with Crippen LogP contribution < -0.4 is 10.5 Å². The number of ether oxygens (including phenoxy) is 1. The first-order chi connectivity index (χ1) is 8.58. The monoisotopic (exact) mass is 247 g/mol. The van der Waals surface area contributed by atoms with Gasteiger partial charge in [0.25, 0.3) is 5.69 Å². The van der Waals surface area contributed by atoms with E-state index in [9.17, 15) is 10.1 Å². The van der Waals surface area contributed by atoms with Gasteiger partial charge in [-0.05, 0) is 24.4 Å². The molecule has 6 nitrogen and oxygen atoms in total. The molecule has 2 rings (SSSR count). The highest BCUT2D eigenvalue weighted by Gasteiger charge is 2.10. The number of hydrogen-bond donors (Lipinski definition) is 1. The highest BCUT2D eigenvalue weighted by Crippen LogP contribution is 2.27. The molecule has 1 unspecified atom stereocenters. The summed E-state index contributed by atoms with van der Waals surface area (Å²) < 4.78 is 5.46. The highest BCUT2D eigenvalue weighted by molar-refractivity contribution is 5.88. The van der Waals surface area contributed by atoms with Crippen LogP contribution in [0.3, 0.4) is 0 Å². The molecule has 0 spiro atoms. The number of benzene rings is 1. The summed E-state index contributed by atoms with van der Waals surface area (Å²) in [7, 11) is 0.